The van der Waals surface area contributed by atoms with Crippen LogP contribution in [0.5, 0.6) is 0 Å². The van der Waals surface area contributed by atoms with Gasteiger partial charge in [0.1, 0.15) is 10.7 Å². The lowest BCUT2D eigenvalue weighted by atomic mass is 10.2. The lowest BCUT2D eigenvalue weighted by molar-refractivity contribution is -0.122. The van der Waals surface area contributed by atoms with Gasteiger partial charge in [-0.1, -0.05) is 37.3 Å². The Balaban J connectivity index is 1.83. The van der Waals surface area contributed by atoms with Gasteiger partial charge < -0.3 is 10.3 Å². The number of amides is 1. The van der Waals surface area contributed by atoms with E-state index in [0.29, 0.717) is 24.3 Å². The lowest BCUT2D eigenvalue weighted by Crippen LogP contribution is -2.40. The minimum atomic E-state index is -0.142. The molecule has 0 bridgehead atoms. The monoisotopic (exact) mass is 384 g/mol. The second kappa shape index (κ2) is 8.45. The Labute approximate surface area is 162 Å². The summed E-state index contributed by atoms with van der Waals surface area (Å²) in [6.07, 6.45) is 0. The van der Waals surface area contributed by atoms with E-state index in [9.17, 15) is 9.59 Å². The molecule has 2 N–H and O–H groups in total. The molecule has 0 saturated heterocycles. The SMILES string of the molecule is CCN(CC(=O)NC(C)C)Cc1nc2sc(-c3ccccc3)cc2c(=O)[nH]1. The summed E-state index contributed by atoms with van der Waals surface area (Å²) in [7, 11) is 0. The van der Waals surface area contributed by atoms with Crippen LogP contribution in [0.25, 0.3) is 20.7 Å². The quantitative estimate of drug-likeness (QED) is 0.656. The van der Waals surface area contributed by atoms with Crippen molar-refractivity contribution in [2.45, 2.75) is 33.4 Å². The predicted molar refractivity (Wildman–Crippen MR) is 110 cm³/mol. The van der Waals surface area contributed by atoms with E-state index < -0.39 is 0 Å². The molecule has 1 aromatic carbocycles. The molecule has 3 rings (SSSR count). The summed E-state index contributed by atoms with van der Waals surface area (Å²) in [5.41, 5.74) is 0.929. The molecular weight excluding hydrogens is 360 g/mol. The van der Waals surface area contributed by atoms with Crippen LogP contribution in [-0.4, -0.2) is 39.9 Å². The van der Waals surface area contributed by atoms with Crippen LogP contribution in [-0.2, 0) is 11.3 Å². The third-order valence-corrected chi connectivity index (χ3v) is 5.23. The number of rotatable bonds is 7. The van der Waals surface area contributed by atoms with Crippen molar-refractivity contribution in [3.05, 3.63) is 52.6 Å². The van der Waals surface area contributed by atoms with Gasteiger partial charge in [-0.05, 0) is 32.0 Å². The van der Waals surface area contributed by atoms with Crippen molar-refractivity contribution in [3.8, 4) is 10.4 Å². The molecule has 0 atom stereocenters. The zero-order chi connectivity index (χ0) is 19.4. The van der Waals surface area contributed by atoms with E-state index in [-0.39, 0.29) is 24.1 Å². The topological polar surface area (TPSA) is 78.1 Å². The van der Waals surface area contributed by atoms with E-state index in [0.717, 1.165) is 15.3 Å². The number of carbonyl (C=O) groups excluding carboxylic acids is 1. The van der Waals surface area contributed by atoms with Crippen molar-refractivity contribution in [2.75, 3.05) is 13.1 Å². The highest BCUT2D eigenvalue weighted by molar-refractivity contribution is 7.21. The number of carbonyl (C=O) groups is 1. The molecule has 142 valence electrons. The summed E-state index contributed by atoms with van der Waals surface area (Å²) >= 11 is 1.51. The Morgan fingerprint density at radius 2 is 2.04 bits per heavy atom. The maximum atomic E-state index is 12.5. The van der Waals surface area contributed by atoms with Crippen LogP contribution in [0.1, 0.15) is 26.6 Å². The van der Waals surface area contributed by atoms with Crippen molar-refractivity contribution in [3.63, 3.8) is 0 Å². The number of hydrogen-bond acceptors (Lipinski definition) is 5. The molecule has 0 saturated carbocycles. The molecule has 2 heterocycles. The predicted octanol–water partition coefficient (Wildman–Crippen LogP) is 3.00. The Morgan fingerprint density at radius 1 is 1.30 bits per heavy atom. The molecule has 2 aromatic heterocycles. The normalized spacial score (nSPS) is 11.4. The third-order valence-electron chi connectivity index (χ3n) is 4.15. The number of fused-ring (bicyclic) bond motifs is 1. The zero-order valence-corrected chi connectivity index (χ0v) is 16.6. The number of thiophene rings is 1. The molecule has 3 aromatic rings. The Bertz CT molecular complexity index is 979. The highest BCUT2D eigenvalue weighted by Gasteiger charge is 2.14. The highest BCUT2D eigenvalue weighted by Crippen LogP contribution is 2.30. The summed E-state index contributed by atoms with van der Waals surface area (Å²) in [6.45, 7) is 7.23. The third kappa shape index (κ3) is 4.81. The summed E-state index contributed by atoms with van der Waals surface area (Å²) in [5, 5.41) is 3.49. The van der Waals surface area contributed by atoms with Crippen molar-refractivity contribution >= 4 is 27.5 Å². The van der Waals surface area contributed by atoms with Crippen LogP contribution in [0.2, 0.25) is 0 Å². The molecule has 1 amide bonds. The summed E-state index contributed by atoms with van der Waals surface area (Å²) in [5.74, 6) is 0.547. The lowest BCUT2D eigenvalue weighted by Gasteiger charge is -2.20. The minimum Gasteiger partial charge on any atom is -0.353 e. The maximum absolute atomic E-state index is 12.5. The van der Waals surface area contributed by atoms with Crippen LogP contribution < -0.4 is 10.9 Å². The van der Waals surface area contributed by atoms with Gasteiger partial charge >= 0.3 is 0 Å². The summed E-state index contributed by atoms with van der Waals surface area (Å²) in [4.78, 5) is 35.7. The molecule has 0 unspecified atom stereocenters. The molecule has 0 aliphatic carbocycles. The van der Waals surface area contributed by atoms with Gasteiger partial charge in [0.05, 0.1) is 18.5 Å². The average Bonchev–Trinajstić information content (AvgIpc) is 3.06. The number of likely N-dealkylation sites (N-methyl/N-ethyl adjacent to an activating group) is 1. The minimum absolute atomic E-state index is 0.0298. The van der Waals surface area contributed by atoms with Crippen molar-refractivity contribution in [1.29, 1.82) is 0 Å². The molecule has 0 fully saturated rings. The van der Waals surface area contributed by atoms with E-state index in [1.54, 1.807) is 0 Å². The number of benzene rings is 1. The van der Waals surface area contributed by atoms with Crippen molar-refractivity contribution in [1.82, 2.24) is 20.2 Å². The molecular formula is C20H24N4O2S. The fourth-order valence-electron chi connectivity index (χ4n) is 2.86. The van der Waals surface area contributed by atoms with Gasteiger partial charge in [0.2, 0.25) is 5.91 Å². The average molecular weight is 385 g/mol. The van der Waals surface area contributed by atoms with Gasteiger partial charge in [-0.15, -0.1) is 11.3 Å². The van der Waals surface area contributed by atoms with Gasteiger partial charge in [0, 0.05) is 10.9 Å². The number of aromatic nitrogens is 2. The second-order valence-corrected chi connectivity index (χ2v) is 7.76. The van der Waals surface area contributed by atoms with Crippen molar-refractivity contribution in [2.24, 2.45) is 0 Å². The molecule has 27 heavy (non-hydrogen) atoms. The van der Waals surface area contributed by atoms with Crippen molar-refractivity contribution < 1.29 is 4.79 Å². The number of aromatic amines is 1. The number of H-pyrrole nitrogens is 1. The van der Waals surface area contributed by atoms with Gasteiger partial charge in [0.15, 0.2) is 0 Å². The van der Waals surface area contributed by atoms with E-state index in [2.05, 4.69) is 15.3 Å². The van der Waals surface area contributed by atoms with Crippen LogP contribution in [0.4, 0.5) is 0 Å². The van der Waals surface area contributed by atoms with E-state index in [1.807, 2.05) is 62.1 Å². The van der Waals surface area contributed by atoms with Crippen LogP contribution >= 0.6 is 11.3 Å². The van der Waals surface area contributed by atoms with E-state index in [1.165, 1.54) is 11.3 Å². The first-order chi connectivity index (χ1) is 13.0. The van der Waals surface area contributed by atoms with Crippen LogP contribution in [0.3, 0.4) is 0 Å². The number of nitrogens with one attached hydrogen (secondary N) is 2. The Kier molecular flexibility index (Phi) is 6.03. The zero-order valence-electron chi connectivity index (χ0n) is 15.8. The molecule has 6 nitrogen and oxygen atoms in total. The smallest absolute Gasteiger partial charge is 0.259 e. The van der Waals surface area contributed by atoms with E-state index in [4.69, 9.17) is 0 Å². The highest BCUT2D eigenvalue weighted by atomic mass is 32.1. The first kappa shape index (κ1) is 19.3. The summed E-state index contributed by atoms with van der Waals surface area (Å²) < 4.78 is 0. The van der Waals surface area contributed by atoms with Crippen LogP contribution in [0.15, 0.2) is 41.2 Å². The number of nitrogens with zero attached hydrogens (tertiary/aromatic N) is 2. The number of hydrogen-bond donors (Lipinski definition) is 2. The first-order valence-corrected chi connectivity index (χ1v) is 9.87. The molecule has 0 aliphatic rings. The molecule has 7 heteroatoms. The largest absolute Gasteiger partial charge is 0.353 e. The Morgan fingerprint density at radius 3 is 2.70 bits per heavy atom. The standard InChI is InChI=1S/C20H24N4O2S/c1-4-24(12-18(25)21-13(2)3)11-17-22-19(26)15-10-16(27-20(15)23-17)14-8-6-5-7-9-14/h5-10,13H,4,11-12H2,1-3H3,(H,21,25)(H,22,23,26). The van der Waals surface area contributed by atoms with Gasteiger partial charge in [0.25, 0.3) is 5.56 Å². The van der Waals surface area contributed by atoms with Gasteiger partial charge in [-0.3, -0.25) is 14.5 Å². The molecule has 0 radical (unpaired) electrons. The van der Waals surface area contributed by atoms with Crippen LogP contribution in [0, 0.1) is 0 Å². The molecule has 0 spiro atoms. The first-order valence-electron chi connectivity index (χ1n) is 9.06. The maximum Gasteiger partial charge on any atom is 0.259 e. The summed E-state index contributed by atoms with van der Waals surface area (Å²) in [6, 6.07) is 12.0. The van der Waals surface area contributed by atoms with Gasteiger partial charge in [-0.25, -0.2) is 4.98 Å². The molecule has 0 aliphatic heterocycles. The van der Waals surface area contributed by atoms with Gasteiger partial charge in [-0.2, -0.15) is 0 Å². The Hall–Kier alpha value is -2.51. The fraction of sp³-hybridized carbons (Fsp3) is 0.350. The second-order valence-electron chi connectivity index (χ2n) is 6.73. The van der Waals surface area contributed by atoms with E-state index >= 15 is 0 Å². The fourth-order valence-corrected chi connectivity index (χ4v) is 3.91.